The highest BCUT2D eigenvalue weighted by molar-refractivity contribution is 5.82. The Morgan fingerprint density at radius 2 is 2.00 bits per heavy atom. The number of rotatable bonds is 4. The van der Waals surface area contributed by atoms with Crippen LogP contribution in [-0.4, -0.2) is 66.7 Å². The minimum Gasteiger partial charge on any atom is -0.467 e. The number of hydrogen-bond acceptors (Lipinski definition) is 6. The summed E-state index contributed by atoms with van der Waals surface area (Å²) in [5, 5.41) is 8.75. The number of ether oxygens (including phenoxy) is 3. The number of amides is 1. The van der Waals surface area contributed by atoms with Gasteiger partial charge >= 0.3 is 12.1 Å². The molecule has 1 fully saturated rings. The molecule has 0 aromatic heterocycles. The molecule has 0 unspecified atom stereocenters. The predicted molar refractivity (Wildman–Crippen MR) is 70.2 cm³/mol. The van der Waals surface area contributed by atoms with Crippen LogP contribution in [0.2, 0.25) is 0 Å². The fraction of sp³-hybridized carbons (Fsp3) is 0.846. The van der Waals surface area contributed by atoms with Crippen LogP contribution in [0.5, 0.6) is 0 Å². The first-order chi connectivity index (χ1) is 9.28. The van der Waals surface area contributed by atoms with Crippen molar-refractivity contribution in [2.75, 3.05) is 26.9 Å². The quantitative estimate of drug-likeness (QED) is 0.761. The van der Waals surface area contributed by atoms with Gasteiger partial charge in [-0.15, -0.1) is 0 Å². The summed E-state index contributed by atoms with van der Waals surface area (Å²) in [7, 11) is 1.28. The SMILES string of the molecule is COC(=O)[C@@H]1C[C@H](OCCO)CN1C(=O)OC(C)(C)C. The first kappa shape index (κ1) is 16.7. The van der Waals surface area contributed by atoms with Gasteiger partial charge in [0.1, 0.15) is 11.6 Å². The molecule has 1 aliphatic heterocycles. The van der Waals surface area contributed by atoms with Gasteiger partial charge in [-0.1, -0.05) is 0 Å². The second-order valence-electron chi connectivity index (χ2n) is 5.62. The van der Waals surface area contributed by atoms with Crippen LogP contribution in [0, 0.1) is 0 Å². The summed E-state index contributed by atoms with van der Waals surface area (Å²) >= 11 is 0. The van der Waals surface area contributed by atoms with Crippen molar-refractivity contribution in [1.82, 2.24) is 4.90 Å². The largest absolute Gasteiger partial charge is 0.467 e. The lowest BCUT2D eigenvalue weighted by molar-refractivity contribution is -0.145. The highest BCUT2D eigenvalue weighted by Crippen LogP contribution is 2.24. The molecule has 1 N–H and O–H groups in total. The minimum atomic E-state index is -0.710. The number of esters is 1. The number of likely N-dealkylation sites (tertiary alicyclic amines) is 1. The van der Waals surface area contributed by atoms with Gasteiger partial charge in [0.2, 0.25) is 0 Å². The minimum absolute atomic E-state index is 0.105. The standard InChI is InChI=1S/C13H23NO6/c1-13(2,3)20-12(17)14-8-9(19-6-5-15)7-10(14)11(16)18-4/h9-10,15H,5-8H2,1-4H3/t9-,10-/m0/s1. The maximum Gasteiger partial charge on any atom is 0.411 e. The number of aliphatic hydroxyl groups is 1. The number of carbonyl (C=O) groups is 2. The molecule has 0 radical (unpaired) electrons. The molecule has 20 heavy (non-hydrogen) atoms. The Morgan fingerprint density at radius 3 is 2.50 bits per heavy atom. The zero-order chi connectivity index (χ0) is 15.3. The van der Waals surface area contributed by atoms with Crippen LogP contribution in [0.1, 0.15) is 27.2 Å². The zero-order valence-electron chi connectivity index (χ0n) is 12.4. The number of nitrogens with zero attached hydrogens (tertiary/aromatic N) is 1. The van der Waals surface area contributed by atoms with Gasteiger partial charge in [-0.2, -0.15) is 0 Å². The number of aliphatic hydroxyl groups excluding tert-OH is 1. The monoisotopic (exact) mass is 289 g/mol. The molecule has 0 saturated carbocycles. The van der Waals surface area contributed by atoms with Gasteiger partial charge in [0.05, 0.1) is 33.0 Å². The van der Waals surface area contributed by atoms with Crippen LogP contribution in [0.25, 0.3) is 0 Å². The van der Waals surface area contributed by atoms with E-state index in [1.54, 1.807) is 20.8 Å². The third-order valence-corrected chi connectivity index (χ3v) is 2.81. The van der Waals surface area contributed by atoms with Crippen molar-refractivity contribution in [3.05, 3.63) is 0 Å². The van der Waals surface area contributed by atoms with Crippen LogP contribution in [-0.2, 0) is 19.0 Å². The second-order valence-corrected chi connectivity index (χ2v) is 5.62. The van der Waals surface area contributed by atoms with Gasteiger partial charge in [0, 0.05) is 6.42 Å². The molecular formula is C13H23NO6. The van der Waals surface area contributed by atoms with E-state index in [1.807, 2.05) is 0 Å². The third-order valence-electron chi connectivity index (χ3n) is 2.81. The Balaban J connectivity index is 2.73. The molecule has 1 saturated heterocycles. The summed E-state index contributed by atoms with van der Waals surface area (Å²) in [4.78, 5) is 25.2. The fourth-order valence-corrected chi connectivity index (χ4v) is 2.02. The molecule has 0 bridgehead atoms. The number of methoxy groups -OCH3 is 1. The van der Waals surface area contributed by atoms with Crippen molar-refractivity contribution in [2.45, 2.75) is 44.9 Å². The molecule has 1 amide bonds. The van der Waals surface area contributed by atoms with Crippen molar-refractivity contribution in [1.29, 1.82) is 0 Å². The van der Waals surface area contributed by atoms with Crippen molar-refractivity contribution >= 4 is 12.1 Å². The van der Waals surface area contributed by atoms with Gasteiger partial charge in [0.25, 0.3) is 0 Å². The molecular weight excluding hydrogens is 266 g/mol. The molecule has 1 heterocycles. The summed E-state index contributed by atoms with van der Waals surface area (Å²) in [6.45, 7) is 5.58. The predicted octanol–water partition coefficient (Wildman–Crippen LogP) is 0.546. The zero-order valence-corrected chi connectivity index (χ0v) is 12.4. The Morgan fingerprint density at radius 1 is 1.35 bits per heavy atom. The summed E-state index contributed by atoms with van der Waals surface area (Å²) < 4.78 is 15.4. The van der Waals surface area contributed by atoms with E-state index in [1.165, 1.54) is 12.0 Å². The highest BCUT2D eigenvalue weighted by atomic mass is 16.6. The molecule has 2 atom stereocenters. The van der Waals surface area contributed by atoms with Crippen molar-refractivity contribution in [3.8, 4) is 0 Å². The van der Waals surface area contributed by atoms with Gasteiger partial charge in [-0.3, -0.25) is 4.90 Å². The van der Waals surface area contributed by atoms with Crippen LogP contribution >= 0.6 is 0 Å². The smallest absolute Gasteiger partial charge is 0.411 e. The molecule has 116 valence electrons. The average Bonchev–Trinajstić information content (AvgIpc) is 2.77. The molecule has 7 heteroatoms. The van der Waals surface area contributed by atoms with E-state index >= 15 is 0 Å². The van der Waals surface area contributed by atoms with Crippen molar-refractivity contribution < 1.29 is 28.9 Å². The van der Waals surface area contributed by atoms with E-state index in [-0.39, 0.29) is 25.9 Å². The topological polar surface area (TPSA) is 85.3 Å². The average molecular weight is 289 g/mol. The number of carbonyl (C=O) groups excluding carboxylic acids is 2. The number of hydrogen-bond donors (Lipinski definition) is 1. The van der Waals surface area contributed by atoms with Gasteiger partial charge in [0.15, 0.2) is 0 Å². The summed E-state index contributed by atoms with van der Waals surface area (Å²) in [5.74, 6) is -0.494. The Kier molecular flexibility index (Phi) is 5.76. The van der Waals surface area contributed by atoms with E-state index < -0.39 is 23.7 Å². The highest BCUT2D eigenvalue weighted by Gasteiger charge is 2.42. The summed E-state index contributed by atoms with van der Waals surface area (Å²) in [5.41, 5.74) is -0.637. The molecule has 1 aliphatic rings. The van der Waals surface area contributed by atoms with Crippen LogP contribution in [0.4, 0.5) is 4.79 Å². The van der Waals surface area contributed by atoms with Crippen LogP contribution in [0.3, 0.4) is 0 Å². The van der Waals surface area contributed by atoms with E-state index in [4.69, 9.17) is 19.3 Å². The van der Waals surface area contributed by atoms with E-state index in [0.717, 1.165) is 0 Å². The van der Waals surface area contributed by atoms with Crippen LogP contribution < -0.4 is 0 Å². The fourth-order valence-electron chi connectivity index (χ4n) is 2.02. The first-order valence-electron chi connectivity index (χ1n) is 6.58. The summed E-state index contributed by atoms with van der Waals surface area (Å²) in [6.07, 6.45) is -0.534. The molecule has 0 spiro atoms. The first-order valence-corrected chi connectivity index (χ1v) is 6.58. The maximum absolute atomic E-state index is 12.1. The molecule has 0 aromatic carbocycles. The van der Waals surface area contributed by atoms with Crippen LogP contribution in [0.15, 0.2) is 0 Å². The lowest BCUT2D eigenvalue weighted by Crippen LogP contribution is -2.44. The molecule has 7 nitrogen and oxygen atoms in total. The van der Waals surface area contributed by atoms with Gasteiger partial charge < -0.3 is 19.3 Å². The third kappa shape index (κ3) is 4.64. The molecule has 0 aliphatic carbocycles. The van der Waals surface area contributed by atoms with Crippen molar-refractivity contribution in [2.24, 2.45) is 0 Å². The Bertz CT molecular complexity index is 351. The van der Waals surface area contributed by atoms with Gasteiger partial charge in [-0.25, -0.2) is 9.59 Å². The maximum atomic E-state index is 12.1. The summed E-state index contributed by atoms with van der Waals surface area (Å²) in [6, 6.07) is -0.710. The Hall–Kier alpha value is -1.34. The van der Waals surface area contributed by atoms with Crippen molar-refractivity contribution in [3.63, 3.8) is 0 Å². The normalized spacial score (nSPS) is 22.8. The molecule has 1 rings (SSSR count). The van der Waals surface area contributed by atoms with E-state index in [9.17, 15) is 9.59 Å². The van der Waals surface area contributed by atoms with E-state index in [2.05, 4.69) is 0 Å². The Labute approximate surface area is 118 Å². The lowest BCUT2D eigenvalue weighted by Gasteiger charge is -2.27. The van der Waals surface area contributed by atoms with Gasteiger partial charge in [-0.05, 0) is 20.8 Å². The molecule has 0 aromatic rings. The second kappa shape index (κ2) is 6.90. The van der Waals surface area contributed by atoms with E-state index in [0.29, 0.717) is 6.42 Å². The lowest BCUT2D eigenvalue weighted by atomic mass is 10.2.